The molecular weight excluding hydrogens is 360 g/mol. The second-order valence-electron chi connectivity index (χ2n) is 5.59. The van der Waals surface area contributed by atoms with Gasteiger partial charge < -0.3 is 14.6 Å². The molecule has 0 atom stereocenters. The monoisotopic (exact) mass is 380 g/mol. The number of nitrogens with zero attached hydrogens (tertiary/aromatic N) is 1. The summed E-state index contributed by atoms with van der Waals surface area (Å²) in [5.41, 5.74) is 0.697. The fraction of sp³-hybridized carbons (Fsp3) is 0.412. The predicted molar refractivity (Wildman–Crippen MR) is 94.6 cm³/mol. The third-order valence-electron chi connectivity index (χ3n) is 3.35. The number of carbonyl (C=O) groups excluding carboxylic acids is 1. The number of aromatic nitrogens is 1. The lowest BCUT2D eigenvalue weighted by Gasteiger charge is -2.12. The molecule has 124 valence electrons. The molecule has 0 unspecified atom stereocenters. The third kappa shape index (κ3) is 5.18. The predicted octanol–water partition coefficient (Wildman–Crippen LogP) is 2.70. The number of benzene rings is 1. The molecule has 0 aliphatic rings. The summed E-state index contributed by atoms with van der Waals surface area (Å²) in [5.74, 6) is -0.0811. The maximum Gasteiger partial charge on any atom is 0.239 e. The van der Waals surface area contributed by atoms with E-state index in [1.807, 2.05) is 26.0 Å². The van der Waals surface area contributed by atoms with E-state index in [1.54, 1.807) is 16.8 Å². The minimum Gasteiger partial charge on any atom is -0.379 e. The van der Waals surface area contributed by atoms with Crippen LogP contribution in [-0.4, -0.2) is 29.7 Å². The zero-order valence-corrected chi connectivity index (χ0v) is 14.9. The van der Waals surface area contributed by atoms with Crippen LogP contribution < -0.4 is 10.7 Å². The van der Waals surface area contributed by atoms with Crippen molar-refractivity contribution in [3.05, 3.63) is 45.2 Å². The van der Waals surface area contributed by atoms with Crippen LogP contribution in [0.3, 0.4) is 0 Å². The molecule has 6 heteroatoms. The first-order valence-electron chi connectivity index (χ1n) is 7.64. The Balaban J connectivity index is 1.98. The summed E-state index contributed by atoms with van der Waals surface area (Å²) in [7, 11) is 0. The number of fused-ring (bicyclic) bond motifs is 1. The molecule has 2 aromatic rings. The summed E-state index contributed by atoms with van der Waals surface area (Å²) in [6, 6.07) is 6.96. The van der Waals surface area contributed by atoms with E-state index >= 15 is 0 Å². The van der Waals surface area contributed by atoms with Crippen LogP contribution in [0.5, 0.6) is 0 Å². The van der Waals surface area contributed by atoms with Crippen LogP contribution in [0.4, 0.5) is 0 Å². The Hall–Kier alpha value is -1.66. The number of ether oxygens (including phenoxy) is 1. The Morgan fingerprint density at radius 1 is 1.35 bits per heavy atom. The quantitative estimate of drug-likeness (QED) is 0.751. The van der Waals surface area contributed by atoms with E-state index in [4.69, 9.17) is 4.74 Å². The number of carbonyl (C=O) groups is 1. The Kier molecular flexibility index (Phi) is 6.36. The number of rotatable bonds is 7. The van der Waals surface area contributed by atoms with Gasteiger partial charge >= 0.3 is 0 Å². The molecule has 0 aliphatic carbocycles. The maximum absolute atomic E-state index is 12.0. The second-order valence-corrected chi connectivity index (χ2v) is 6.51. The first kappa shape index (κ1) is 17.7. The molecule has 1 N–H and O–H groups in total. The fourth-order valence-electron chi connectivity index (χ4n) is 2.25. The van der Waals surface area contributed by atoms with Gasteiger partial charge in [0.2, 0.25) is 5.91 Å². The highest BCUT2D eigenvalue weighted by Gasteiger charge is 2.07. The van der Waals surface area contributed by atoms with E-state index in [1.165, 1.54) is 6.07 Å². The van der Waals surface area contributed by atoms with Gasteiger partial charge in [0.1, 0.15) is 6.54 Å². The van der Waals surface area contributed by atoms with E-state index < -0.39 is 0 Å². The van der Waals surface area contributed by atoms with Gasteiger partial charge in [-0.05, 0) is 38.5 Å². The van der Waals surface area contributed by atoms with Gasteiger partial charge in [-0.15, -0.1) is 0 Å². The van der Waals surface area contributed by atoms with E-state index in [2.05, 4.69) is 21.2 Å². The Bertz CT molecular complexity index is 740. The molecule has 0 radical (unpaired) electrons. The smallest absolute Gasteiger partial charge is 0.239 e. The molecule has 5 nitrogen and oxygen atoms in total. The van der Waals surface area contributed by atoms with Gasteiger partial charge in [-0.2, -0.15) is 0 Å². The van der Waals surface area contributed by atoms with Crippen LogP contribution >= 0.6 is 15.9 Å². The van der Waals surface area contributed by atoms with E-state index in [0.717, 1.165) is 16.4 Å². The van der Waals surface area contributed by atoms with Crippen LogP contribution in [0.25, 0.3) is 10.9 Å². The number of hydrogen-bond donors (Lipinski definition) is 1. The Morgan fingerprint density at radius 3 is 2.87 bits per heavy atom. The molecule has 0 saturated heterocycles. The largest absolute Gasteiger partial charge is 0.379 e. The van der Waals surface area contributed by atoms with Gasteiger partial charge in [-0.1, -0.05) is 15.9 Å². The van der Waals surface area contributed by atoms with Crippen LogP contribution in [0.2, 0.25) is 0 Å². The van der Waals surface area contributed by atoms with Crippen molar-refractivity contribution in [2.45, 2.75) is 32.9 Å². The molecule has 0 fully saturated rings. The molecule has 1 amide bonds. The minimum atomic E-state index is -0.0811. The van der Waals surface area contributed by atoms with Crippen molar-refractivity contribution < 1.29 is 9.53 Å². The van der Waals surface area contributed by atoms with Crippen molar-refractivity contribution in [3.63, 3.8) is 0 Å². The van der Waals surface area contributed by atoms with E-state index in [-0.39, 0.29) is 24.0 Å². The molecule has 0 bridgehead atoms. The normalized spacial score (nSPS) is 11.1. The molecule has 0 saturated carbocycles. The zero-order valence-electron chi connectivity index (χ0n) is 13.3. The summed E-state index contributed by atoms with van der Waals surface area (Å²) < 4.78 is 8.05. The molecule has 2 rings (SSSR count). The van der Waals surface area contributed by atoms with Crippen LogP contribution in [0.1, 0.15) is 20.3 Å². The number of nitrogens with one attached hydrogen (secondary N) is 1. The summed E-state index contributed by atoms with van der Waals surface area (Å²) in [4.78, 5) is 24.0. The van der Waals surface area contributed by atoms with Gasteiger partial charge in [-0.3, -0.25) is 9.59 Å². The van der Waals surface area contributed by atoms with Crippen molar-refractivity contribution in [2.24, 2.45) is 0 Å². The van der Waals surface area contributed by atoms with Crippen molar-refractivity contribution in [2.75, 3.05) is 13.2 Å². The summed E-state index contributed by atoms with van der Waals surface area (Å²) in [5, 5.41) is 3.47. The topological polar surface area (TPSA) is 60.3 Å². The summed E-state index contributed by atoms with van der Waals surface area (Å²) >= 11 is 3.36. The number of hydrogen-bond acceptors (Lipinski definition) is 3. The van der Waals surface area contributed by atoms with Crippen molar-refractivity contribution in [3.8, 4) is 0 Å². The number of amides is 1. The average Bonchev–Trinajstić information content (AvgIpc) is 2.49. The van der Waals surface area contributed by atoms with E-state index in [9.17, 15) is 9.59 Å². The molecule has 1 heterocycles. The lowest BCUT2D eigenvalue weighted by Crippen LogP contribution is -2.29. The minimum absolute atomic E-state index is 0.0520. The standard InChI is InChI=1S/C17H21BrN2O3/c1-12(2)23-9-3-7-19-17(22)11-20-8-6-16(21)14-10-13(18)4-5-15(14)20/h4-6,8,10,12H,3,7,9,11H2,1-2H3,(H,19,22). The van der Waals surface area contributed by atoms with Crippen LogP contribution in [0.15, 0.2) is 39.7 Å². The first-order valence-corrected chi connectivity index (χ1v) is 8.43. The Labute approximate surface area is 143 Å². The van der Waals surface area contributed by atoms with Gasteiger partial charge in [0, 0.05) is 35.3 Å². The van der Waals surface area contributed by atoms with Crippen molar-refractivity contribution in [1.29, 1.82) is 0 Å². The van der Waals surface area contributed by atoms with Gasteiger partial charge in [-0.25, -0.2) is 0 Å². The summed E-state index contributed by atoms with van der Waals surface area (Å²) in [6.45, 7) is 5.36. The lowest BCUT2D eigenvalue weighted by molar-refractivity contribution is -0.121. The highest BCUT2D eigenvalue weighted by Crippen LogP contribution is 2.16. The zero-order chi connectivity index (χ0) is 16.8. The number of pyridine rings is 1. The SMILES string of the molecule is CC(C)OCCCNC(=O)Cn1ccc(=O)c2cc(Br)ccc21. The lowest BCUT2D eigenvalue weighted by atomic mass is 10.2. The van der Waals surface area contributed by atoms with Crippen molar-refractivity contribution in [1.82, 2.24) is 9.88 Å². The van der Waals surface area contributed by atoms with Gasteiger partial charge in [0.15, 0.2) is 5.43 Å². The highest BCUT2D eigenvalue weighted by molar-refractivity contribution is 9.10. The third-order valence-corrected chi connectivity index (χ3v) is 3.84. The van der Waals surface area contributed by atoms with Gasteiger partial charge in [0.05, 0.1) is 11.6 Å². The number of halogens is 1. The Morgan fingerprint density at radius 2 is 2.13 bits per heavy atom. The molecule has 23 heavy (non-hydrogen) atoms. The molecule has 1 aromatic carbocycles. The van der Waals surface area contributed by atoms with E-state index in [0.29, 0.717) is 18.5 Å². The van der Waals surface area contributed by atoms with Crippen LogP contribution in [-0.2, 0) is 16.1 Å². The molecule has 0 aliphatic heterocycles. The average molecular weight is 381 g/mol. The second kappa shape index (κ2) is 8.26. The maximum atomic E-state index is 12.0. The van der Waals surface area contributed by atoms with Gasteiger partial charge in [0.25, 0.3) is 0 Å². The fourth-order valence-corrected chi connectivity index (χ4v) is 2.61. The summed E-state index contributed by atoms with van der Waals surface area (Å²) in [6.07, 6.45) is 2.64. The van der Waals surface area contributed by atoms with Crippen molar-refractivity contribution >= 4 is 32.7 Å². The molecular formula is C17H21BrN2O3. The van der Waals surface area contributed by atoms with Crippen LogP contribution in [0, 0.1) is 0 Å². The highest BCUT2D eigenvalue weighted by atomic mass is 79.9. The molecule has 1 aromatic heterocycles. The molecule has 0 spiro atoms. The first-order chi connectivity index (χ1) is 11.0.